The fourth-order valence-electron chi connectivity index (χ4n) is 0. The molecule has 0 unspecified atom stereocenters. The summed E-state index contributed by atoms with van der Waals surface area (Å²) in [5, 5.41) is 0. The predicted molar refractivity (Wildman–Crippen MR) is 16.5 cm³/mol. The van der Waals surface area contributed by atoms with E-state index < -0.39 is 10.4 Å². The van der Waals surface area contributed by atoms with Crippen LogP contribution in [0, 0.1) is 0 Å². The quantitative estimate of drug-likeness (QED) is 0.314. The molecular formula is H4MoNO4S-. The first-order valence-electron chi connectivity index (χ1n) is 0.667. The third-order valence-corrected chi connectivity index (χ3v) is 0. The molecule has 0 bridgehead atoms. The molecule has 0 aromatic carbocycles. The Morgan fingerprint density at radius 1 is 1.14 bits per heavy atom. The topological polar surface area (TPSA) is 117 Å². The average molecular weight is 210 g/mol. The summed E-state index contributed by atoms with van der Waals surface area (Å²) in [5.41, 5.74) is 0. The van der Waals surface area contributed by atoms with Gasteiger partial charge in [0.05, 0.1) is 0 Å². The fourth-order valence-corrected chi connectivity index (χ4v) is 0. The standard InChI is InChI=1S/Mo.H3N.H2O4S/c;;1-5(2,3)4/h;1H3;(H2,1,2,3,4)/p-1. The average Bonchev–Trinajstić information content (AvgIpc) is 0.722. The number of hydrogen-bond donors (Lipinski definition) is 1. The van der Waals surface area contributed by atoms with Crippen molar-refractivity contribution < 1.29 is 38.6 Å². The largest absolute Gasteiger partial charge is 0.759 e. The van der Waals surface area contributed by atoms with Crippen LogP contribution in [0.15, 0.2) is 0 Å². The van der Waals surface area contributed by atoms with Crippen LogP contribution in [-0.4, -0.2) is 17.5 Å². The molecule has 0 saturated heterocycles. The molecule has 0 atom stereocenters. The van der Waals surface area contributed by atoms with Crippen molar-refractivity contribution in [3.8, 4) is 0 Å². The Bertz CT molecular complexity index is 94.9. The van der Waals surface area contributed by atoms with Gasteiger partial charge in [0, 0.05) is 31.5 Å². The molecule has 0 rings (SSSR count). The summed E-state index contributed by atoms with van der Waals surface area (Å²) in [6.45, 7) is 0. The van der Waals surface area contributed by atoms with Gasteiger partial charge in [-0.1, -0.05) is 0 Å². The van der Waals surface area contributed by atoms with E-state index in [1.54, 1.807) is 0 Å². The second-order valence-electron chi connectivity index (χ2n) is 0.408. The van der Waals surface area contributed by atoms with Gasteiger partial charge in [-0.15, -0.1) is 0 Å². The molecule has 0 aliphatic rings. The Hall–Kier alpha value is 0.518. The molecule has 0 spiro atoms. The van der Waals surface area contributed by atoms with Crippen LogP contribution < -0.4 is 6.15 Å². The number of hydrogen-bond acceptors (Lipinski definition) is 4. The van der Waals surface area contributed by atoms with E-state index in [1.165, 1.54) is 0 Å². The second-order valence-corrected chi connectivity index (χ2v) is 1.22. The Morgan fingerprint density at radius 3 is 1.14 bits per heavy atom. The second kappa shape index (κ2) is 4.67. The van der Waals surface area contributed by atoms with Crippen LogP contribution >= 0.6 is 0 Å². The molecule has 0 aliphatic carbocycles. The summed E-state index contributed by atoms with van der Waals surface area (Å²) >= 11 is 0. The van der Waals surface area contributed by atoms with Crippen LogP contribution in [0.4, 0.5) is 0 Å². The Kier molecular flexibility index (Phi) is 10.4. The third-order valence-electron chi connectivity index (χ3n) is 0. The van der Waals surface area contributed by atoms with Crippen molar-refractivity contribution in [2.45, 2.75) is 0 Å². The summed E-state index contributed by atoms with van der Waals surface area (Å²) in [5.74, 6) is 0. The van der Waals surface area contributed by atoms with E-state index >= 15 is 0 Å². The summed E-state index contributed by atoms with van der Waals surface area (Å²) in [6, 6.07) is 0. The maximum atomic E-state index is 8.52. The van der Waals surface area contributed by atoms with Gasteiger partial charge in [-0.25, -0.2) is 0 Å². The van der Waals surface area contributed by atoms with E-state index in [-0.39, 0.29) is 27.2 Å². The smallest absolute Gasteiger partial charge is 0.0311 e. The van der Waals surface area contributed by atoms with Crippen molar-refractivity contribution >= 4 is 10.4 Å². The zero-order valence-electron chi connectivity index (χ0n) is 3.45. The summed E-state index contributed by atoms with van der Waals surface area (Å²) in [4.78, 5) is 0. The molecule has 5 nitrogen and oxygen atoms in total. The van der Waals surface area contributed by atoms with Crippen LogP contribution in [0.3, 0.4) is 0 Å². The van der Waals surface area contributed by atoms with Crippen molar-refractivity contribution in [1.82, 2.24) is 6.15 Å². The van der Waals surface area contributed by atoms with Gasteiger partial charge in [-0.3, -0.25) is 8.42 Å². The maximum absolute atomic E-state index is 8.52. The first-order chi connectivity index (χ1) is 2.00. The predicted octanol–water partition coefficient (Wildman–Crippen LogP) is -0.964. The SMILES string of the molecule is O=S(=O)([O-])[O-].[Mo].[NH4+]. The number of quaternary nitrogens is 1. The van der Waals surface area contributed by atoms with Crippen LogP contribution in [0.25, 0.3) is 0 Å². The molecule has 0 aromatic heterocycles. The third kappa shape index (κ3) is 495. The van der Waals surface area contributed by atoms with Gasteiger partial charge in [-0.2, -0.15) is 0 Å². The molecule has 0 heterocycles. The molecular weight excluding hydrogens is 206 g/mol. The summed E-state index contributed by atoms with van der Waals surface area (Å²) in [7, 11) is -5.17. The zero-order valence-corrected chi connectivity index (χ0v) is 6.27. The molecule has 0 aromatic rings. The minimum absolute atomic E-state index is 0. The molecule has 7 heavy (non-hydrogen) atoms. The van der Waals surface area contributed by atoms with Crippen molar-refractivity contribution in [2.24, 2.45) is 0 Å². The van der Waals surface area contributed by atoms with E-state index in [0.717, 1.165) is 0 Å². The van der Waals surface area contributed by atoms with E-state index in [0.29, 0.717) is 0 Å². The first-order valence-corrected chi connectivity index (χ1v) is 2.00. The molecule has 0 aliphatic heterocycles. The van der Waals surface area contributed by atoms with E-state index in [9.17, 15) is 0 Å². The molecule has 46 valence electrons. The van der Waals surface area contributed by atoms with Crippen LogP contribution in [0.1, 0.15) is 0 Å². The van der Waals surface area contributed by atoms with Crippen molar-refractivity contribution in [1.29, 1.82) is 0 Å². The Morgan fingerprint density at radius 2 is 1.14 bits per heavy atom. The minimum Gasteiger partial charge on any atom is -0.759 e. The van der Waals surface area contributed by atoms with Gasteiger partial charge in [-0.05, 0) is 0 Å². The minimum atomic E-state index is -5.17. The fraction of sp³-hybridized carbons (Fsp3) is 0. The normalized spacial score (nSPS) is 8.29. The van der Waals surface area contributed by atoms with Crippen LogP contribution in [0.2, 0.25) is 0 Å². The van der Waals surface area contributed by atoms with Crippen molar-refractivity contribution in [2.75, 3.05) is 0 Å². The molecule has 0 radical (unpaired) electrons. The molecule has 4 N–H and O–H groups in total. The maximum Gasteiger partial charge on any atom is 0.0311 e. The van der Waals surface area contributed by atoms with Gasteiger partial charge >= 0.3 is 0 Å². The van der Waals surface area contributed by atoms with E-state index in [4.69, 9.17) is 17.5 Å². The van der Waals surface area contributed by atoms with Crippen molar-refractivity contribution in [3.05, 3.63) is 0 Å². The van der Waals surface area contributed by atoms with E-state index in [2.05, 4.69) is 0 Å². The molecule has 7 heteroatoms. The van der Waals surface area contributed by atoms with Crippen molar-refractivity contribution in [3.63, 3.8) is 0 Å². The van der Waals surface area contributed by atoms with Gasteiger partial charge in [0.2, 0.25) is 0 Å². The van der Waals surface area contributed by atoms with Crippen LogP contribution in [-0.2, 0) is 31.5 Å². The zero-order chi connectivity index (χ0) is 4.50. The molecule has 0 saturated carbocycles. The summed E-state index contributed by atoms with van der Waals surface area (Å²) < 4.78 is 34.1. The first kappa shape index (κ1) is 15.6. The number of rotatable bonds is 0. The van der Waals surface area contributed by atoms with Gasteiger partial charge in [0.1, 0.15) is 0 Å². The van der Waals surface area contributed by atoms with E-state index in [1.807, 2.05) is 0 Å². The van der Waals surface area contributed by atoms with Gasteiger partial charge < -0.3 is 15.3 Å². The van der Waals surface area contributed by atoms with Crippen LogP contribution in [0.5, 0.6) is 0 Å². The Balaban J connectivity index is -0.0000000800. The Labute approximate surface area is 55.5 Å². The van der Waals surface area contributed by atoms with Gasteiger partial charge in [0.15, 0.2) is 0 Å². The molecule has 0 fully saturated rings. The monoisotopic (exact) mass is 212 g/mol. The summed E-state index contributed by atoms with van der Waals surface area (Å²) in [6.07, 6.45) is 0. The molecule has 0 amide bonds. The van der Waals surface area contributed by atoms with Gasteiger partial charge in [0.25, 0.3) is 0 Å².